The summed E-state index contributed by atoms with van der Waals surface area (Å²) in [7, 11) is 0. The fraction of sp³-hybridized carbons (Fsp3) is 0.130. The van der Waals surface area contributed by atoms with Gasteiger partial charge in [-0.05, 0) is 74.5 Å². The van der Waals surface area contributed by atoms with Gasteiger partial charge in [0.2, 0.25) is 0 Å². The molecule has 0 aromatic heterocycles. The van der Waals surface area contributed by atoms with E-state index in [1.807, 2.05) is 13.8 Å². The standard InChI is InChI=1S/C23H21FN2O3/c1-15(2)29-19-13-11-18(12-14-19)25-22(27)16-7-9-17(10-8-16)23(28)26-21-6-4-3-5-20(21)24/h3-15H,1-2H3,(H,25,27)(H,26,28). The van der Waals surface area contributed by atoms with E-state index in [9.17, 15) is 14.0 Å². The van der Waals surface area contributed by atoms with Gasteiger partial charge in [0.25, 0.3) is 11.8 Å². The molecule has 0 heterocycles. The number of halogens is 1. The van der Waals surface area contributed by atoms with Crippen LogP contribution in [0.5, 0.6) is 5.75 Å². The molecule has 3 aromatic rings. The molecule has 6 heteroatoms. The molecule has 0 atom stereocenters. The first-order valence-electron chi connectivity index (χ1n) is 9.16. The van der Waals surface area contributed by atoms with E-state index in [2.05, 4.69) is 10.6 Å². The van der Waals surface area contributed by atoms with E-state index in [1.54, 1.807) is 48.5 Å². The second-order valence-corrected chi connectivity index (χ2v) is 6.66. The van der Waals surface area contributed by atoms with Crippen LogP contribution >= 0.6 is 0 Å². The van der Waals surface area contributed by atoms with Gasteiger partial charge in [-0.2, -0.15) is 0 Å². The molecule has 0 aliphatic carbocycles. The summed E-state index contributed by atoms with van der Waals surface area (Å²) >= 11 is 0. The number of hydrogen-bond acceptors (Lipinski definition) is 3. The van der Waals surface area contributed by atoms with Crippen LogP contribution in [-0.4, -0.2) is 17.9 Å². The van der Waals surface area contributed by atoms with Crippen LogP contribution in [-0.2, 0) is 0 Å². The van der Waals surface area contributed by atoms with Crippen molar-refractivity contribution in [2.45, 2.75) is 20.0 Å². The van der Waals surface area contributed by atoms with E-state index < -0.39 is 11.7 Å². The van der Waals surface area contributed by atoms with E-state index in [4.69, 9.17) is 4.74 Å². The number of carbonyl (C=O) groups is 2. The summed E-state index contributed by atoms with van der Waals surface area (Å²) in [5.74, 6) is -0.545. The van der Waals surface area contributed by atoms with Crippen molar-refractivity contribution in [2.75, 3.05) is 10.6 Å². The zero-order valence-electron chi connectivity index (χ0n) is 16.1. The van der Waals surface area contributed by atoms with Crippen molar-refractivity contribution in [2.24, 2.45) is 0 Å². The molecule has 0 aliphatic heterocycles. The number of anilines is 2. The molecule has 5 nitrogen and oxygen atoms in total. The van der Waals surface area contributed by atoms with Gasteiger partial charge in [-0.3, -0.25) is 9.59 Å². The smallest absolute Gasteiger partial charge is 0.255 e. The summed E-state index contributed by atoms with van der Waals surface area (Å²) < 4.78 is 19.2. The Labute approximate surface area is 168 Å². The molecule has 2 N–H and O–H groups in total. The van der Waals surface area contributed by atoms with Gasteiger partial charge in [-0.1, -0.05) is 12.1 Å². The van der Waals surface area contributed by atoms with E-state index in [0.29, 0.717) is 16.8 Å². The molecule has 0 saturated heterocycles. The van der Waals surface area contributed by atoms with Gasteiger partial charge in [-0.15, -0.1) is 0 Å². The predicted molar refractivity (Wildman–Crippen MR) is 111 cm³/mol. The van der Waals surface area contributed by atoms with Gasteiger partial charge in [0, 0.05) is 16.8 Å². The minimum atomic E-state index is -0.512. The Hall–Kier alpha value is -3.67. The molecule has 0 saturated carbocycles. The second kappa shape index (κ2) is 9.01. The van der Waals surface area contributed by atoms with Gasteiger partial charge in [0.1, 0.15) is 11.6 Å². The average molecular weight is 392 g/mol. The molecule has 0 fully saturated rings. The SMILES string of the molecule is CC(C)Oc1ccc(NC(=O)c2ccc(C(=O)Nc3ccccc3F)cc2)cc1. The summed E-state index contributed by atoms with van der Waals surface area (Å²) in [5, 5.41) is 5.30. The number of rotatable bonds is 6. The highest BCUT2D eigenvalue weighted by Gasteiger charge is 2.11. The third-order valence-corrected chi connectivity index (χ3v) is 4.02. The lowest BCUT2D eigenvalue weighted by Crippen LogP contribution is -2.15. The van der Waals surface area contributed by atoms with E-state index in [1.165, 1.54) is 24.3 Å². The van der Waals surface area contributed by atoms with Crippen molar-refractivity contribution in [1.82, 2.24) is 0 Å². The molecule has 0 aliphatic rings. The third-order valence-electron chi connectivity index (χ3n) is 4.02. The summed E-state index contributed by atoms with van der Waals surface area (Å²) in [6.45, 7) is 3.88. The number of ether oxygens (including phenoxy) is 1. The summed E-state index contributed by atoms with van der Waals surface area (Å²) in [6, 6.07) is 19.1. The maximum absolute atomic E-state index is 13.7. The largest absolute Gasteiger partial charge is 0.491 e. The van der Waals surface area contributed by atoms with Gasteiger partial charge in [0.05, 0.1) is 11.8 Å². The number of hydrogen-bond donors (Lipinski definition) is 2. The van der Waals surface area contributed by atoms with Crippen molar-refractivity contribution >= 4 is 23.2 Å². The summed E-state index contributed by atoms with van der Waals surface area (Å²) in [5.41, 5.74) is 1.45. The van der Waals surface area contributed by atoms with Gasteiger partial charge in [0.15, 0.2) is 0 Å². The van der Waals surface area contributed by atoms with Crippen LogP contribution in [0, 0.1) is 5.82 Å². The highest BCUT2D eigenvalue weighted by atomic mass is 19.1. The van der Waals surface area contributed by atoms with Crippen LogP contribution in [0.25, 0.3) is 0 Å². The van der Waals surface area contributed by atoms with Crippen LogP contribution in [0.2, 0.25) is 0 Å². The highest BCUT2D eigenvalue weighted by molar-refractivity contribution is 6.07. The maximum atomic E-state index is 13.7. The maximum Gasteiger partial charge on any atom is 0.255 e. The molecular weight excluding hydrogens is 371 g/mol. The summed E-state index contributed by atoms with van der Waals surface area (Å²) in [4.78, 5) is 24.7. The second-order valence-electron chi connectivity index (χ2n) is 6.66. The van der Waals surface area contributed by atoms with Gasteiger partial charge in [-0.25, -0.2) is 4.39 Å². The quantitative estimate of drug-likeness (QED) is 0.612. The van der Waals surface area contributed by atoms with Crippen molar-refractivity contribution in [3.8, 4) is 5.75 Å². The third kappa shape index (κ3) is 5.42. The predicted octanol–water partition coefficient (Wildman–Crippen LogP) is 5.12. The van der Waals surface area contributed by atoms with Crippen LogP contribution in [0.1, 0.15) is 34.6 Å². The van der Waals surface area contributed by atoms with E-state index in [0.717, 1.165) is 5.75 Å². The van der Waals surface area contributed by atoms with E-state index in [-0.39, 0.29) is 17.7 Å². The molecule has 29 heavy (non-hydrogen) atoms. The average Bonchev–Trinajstić information content (AvgIpc) is 2.71. The first kappa shape index (κ1) is 20.1. The number of nitrogens with one attached hydrogen (secondary N) is 2. The van der Waals surface area contributed by atoms with Crippen molar-refractivity contribution < 1.29 is 18.7 Å². The molecule has 2 amide bonds. The lowest BCUT2D eigenvalue weighted by Gasteiger charge is -2.11. The fourth-order valence-electron chi connectivity index (χ4n) is 2.62. The van der Waals surface area contributed by atoms with Crippen LogP contribution < -0.4 is 15.4 Å². The zero-order valence-corrected chi connectivity index (χ0v) is 16.1. The molecular formula is C23H21FN2O3. The Morgan fingerprint density at radius 2 is 1.34 bits per heavy atom. The Morgan fingerprint density at radius 3 is 1.90 bits per heavy atom. The fourth-order valence-corrected chi connectivity index (χ4v) is 2.62. The minimum absolute atomic E-state index is 0.0736. The summed E-state index contributed by atoms with van der Waals surface area (Å²) in [6.07, 6.45) is 0.0736. The number of para-hydroxylation sites is 1. The molecule has 148 valence electrons. The first-order chi connectivity index (χ1) is 13.9. The van der Waals surface area contributed by atoms with Gasteiger partial charge >= 0.3 is 0 Å². The number of amides is 2. The monoisotopic (exact) mass is 392 g/mol. The van der Waals surface area contributed by atoms with Crippen LogP contribution in [0.3, 0.4) is 0 Å². The Balaban J connectivity index is 1.62. The molecule has 3 rings (SSSR count). The van der Waals surface area contributed by atoms with Gasteiger partial charge < -0.3 is 15.4 Å². The van der Waals surface area contributed by atoms with Crippen LogP contribution in [0.15, 0.2) is 72.8 Å². The van der Waals surface area contributed by atoms with Crippen molar-refractivity contribution in [3.63, 3.8) is 0 Å². The van der Waals surface area contributed by atoms with Crippen molar-refractivity contribution in [1.29, 1.82) is 0 Å². The molecule has 0 unspecified atom stereocenters. The van der Waals surface area contributed by atoms with E-state index >= 15 is 0 Å². The minimum Gasteiger partial charge on any atom is -0.491 e. The lowest BCUT2D eigenvalue weighted by molar-refractivity contribution is 0.101. The Kier molecular flexibility index (Phi) is 6.24. The van der Waals surface area contributed by atoms with Crippen molar-refractivity contribution in [3.05, 3.63) is 89.7 Å². The number of benzene rings is 3. The van der Waals surface area contributed by atoms with Crippen LogP contribution in [0.4, 0.5) is 15.8 Å². The first-order valence-corrected chi connectivity index (χ1v) is 9.16. The molecule has 0 bridgehead atoms. The zero-order chi connectivity index (χ0) is 20.8. The molecule has 0 radical (unpaired) electrons. The normalized spacial score (nSPS) is 10.5. The topological polar surface area (TPSA) is 67.4 Å². The lowest BCUT2D eigenvalue weighted by atomic mass is 10.1. The Bertz CT molecular complexity index is 999. The molecule has 0 spiro atoms. The Morgan fingerprint density at radius 1 is 0.793 bits per heavy atom. The highest BCUT2D eigenvalue weighted by Crippen LogP contribution is 2.18. The number of carbonyl (C=O) groups excluding carboxylic acids is 2. The molecule has 3 aromatic carbocycles.